The summed E-state index contributed by atoms with van der Waals surface area (Å²) in [4.78, 5) is 12.0. The zero-order valence-electron chi connectivity index (χ0n) is 12.1. The average molecular weight is 283 g/mol. The number of nitrogens with one attached hydrogen (secondary N) is 1. The van der Waals surface area contributed by atoms with Crippen LogP contribution in [-0.2, 0) is 11.3 Å². The van der Waals surface area contributed by atoms with Crippen LogP contribution in [0, 0.1) is 13.8 Å². The van der Waals surface area contributed by atoms with Crippen molar-refractivity contribution in [2.45, 2.75) is 26.8 Å². The second-order valence-corrected chi connectivity index (χ2v) is 5.19. The molecule has 2 aromatic heterocycles. The van der Waals surface area contributed by atoms with Gasteiger partial charge in [-0.15, -0.1) is 0 Å². The summed E-state index contributed by atoms with van der Waals surface area (Å²) in [6, 6.07) is 7.59. The van der Waals surface area contributed by atoms with Crippen LogP contribution in [0.3, 0.4) is 0 Å². The number of aryl methyl sites for hydroxylation is 3. The molecule has 0 fully saturated rings. The molecule has 0 aliphatic rings. The van der Waals surface area contributed by atoms with Gasteiger partial charge in [-0.3, -0.25) is 9.48 Å². The molecule has 0 bridgehead atoms. The summed E-state index contributed by atoms with van der Waals surface area (Å²) < 4.78 is 7.29. The molecule has 0 saturated heterocycles. The van der Waals surface area contributed by atoms with Crippen LogP contribution in [-0.4, -0.2) is 15.7 Å². The number of amides is 1. The fourth-order valence-corrected chi connectivity index (χ4v) is 2.28. The third-order valence-electron chi connectivity index (χ3n) is 3.25. The molecular weight excluding hydrogens is 266 g/mol. The molecule has 0 atom stereocenters. The van der Waals surface area contributed by atoms with Crippen molar-refractivity contribution in [3.63, 3.8) is 0 Å². The highest BCUT2D eigenvalue weighted by Gasteiger charge is 2.06. The van der Waals surface area contributed by atoms with Gasteiger partial charge < -0.3 is 9.73 Å². The number of carbonyl (C=O) groups excluding carboxylic acids is 1. The summed E-state index contributed by atoms with van der Waals surface area (Å²) in [5.74, 6) is 0.838. The minimum Gasteiger partial charge on any atom is -0.461 e. The van der Waals surface area contributed by atoms with E-state index in [2.05, 4.69) is 10.4 Å². The van der Waals surface area contributed by atoms with E-state index in [1.54, 1.807) is 10.9 Å². The van der Waals surface area contributed by atoms with Gasteiger partial charge >= 0.3 is 0 Å². The molecular formula is C16H17N3O2. The van der Waals surface area contributed by atoms with Crippen molar-refractivity contribution in [3.05, 3.63) is 48.0 Å². The number of furan rings is 1. The SMILES string of the molecule is Cc1cnn(CCC(=O)Nc2ccc3oc(C)cc3c2)c1. The number of aromatic nitrogens is 2. The number of hydrogen-bond donors (Lipinski definition) is 1. The highest BCUT2D eigenvalue weighted by molar-refractivity contribution is 5.93. The summed E-state index contributed by atoms with van der Waals surface area (Å²) in [5.41, 5.74) is 2.71. The van der Waals surface area contributed by atoms with E-state index < -0.39 is 0 Å². The molecule has 1 amide bonds. The maximum atomic E-state index is 12.0. The Balaban J connectivity index is 1.62. The minimum absolute atomic E-state index is 0.0253. The molecule has 0 unspecified atom stereocenters. The van der Waals surface area contributed by atoms with Gasteiger partial charge in [0.15, 0.2) is 0 Å². The third-order valence-corrected chi connectivity index (χ3v) is 3.25. The topological polar surface area (TPSA) is 60.1 Å². The van der Waals surface area contributed by atoms with E-state index in [9.17, 15) is 4.79 Å². The van der Waals surface area contributed by atoms with E-state index in [0.717, 1.165) is 28.0 Å². The van der Waals surface area contributed by atoms with Crippen molar-refractivity contribution in [2.75, 3.05) is 5.32 Å². The first-order valence-corrected chi connectivity index (χ1v) is 6.89. The molecule has 0 spiro atoms. The number of nitrogens with zero attached hydrogens (tertiary/aromatic N) is 2. The van der Waals surface area contributed by atoms with Gasteiger partial charge in [0.25, 0.3) is 0 Å². The molecule has 0 saturated carbocycles. The van der Waals surface area contributed by atoms with E-state index in [-0.39, 0.29) is 5.91 Å². The first-order chi connectivity index (χ1) is 10.1. The number of hydrogen-bond acceptors (Lipinski definition) is 3. The van der Waals surface area contributed by atoms with Gasteiger partial charge in [-0.25, -0.2) is 0 Å². The maximum Gasteiger partial charge on any atom is 0.226 e. The third kappa shape index (κ3) is 3.13. The molecule has 0 aliphatic heterocycles. The lowest BCUT2D eigenvalue weighted by molar-refractivity contribution is -0.116. The van der Waals surface area contributed by atoms with E-state index in [0.29, 0.717) is 13.0 Å². The Bertz CT molecular complexity index is 786. The quantitative estimate of drug-likeness (QED) is 0.799. The molecule has 5 nitrogen and oxygen atoms in total. The van der Waals surface area contributed by atoms with Crippen LogP contribution in [0.25, 0.3) is 11.0 Å². The smallest absolute Gasteiger partial charge is 0.226 e. The molecule has 2 heterocycles. The Labute approximate surface area is 122 Å². The fourth-order valence-electron chi connectivity index (χ4n) is 2.28. The van der Waals surface area contributed by atoms with Crippen LogP contribution in [0.4, 0.5) is 5.69 Å². The van der Waals surface area contributed by atoms with E-state index >= 15 is 0 Å². The Morgan fingerprint density at radius 3 is 2.95 bits per heavy atom. The molecule has 0 radical (unpaired) electrons. The molecule has 108 valence electrons. The van der Waals surface area contributed by atoms with Crippen LogP contribution in [0.15, 0.2) is 41.1 Å². The molecule has 21 heavy (non-hydrogen) atoms. The zero-order valence-corrected chi connectivity index (χ0v) is 12.1. The lowest BCUT2D eigenvalue weighted by Gasteiger charge is -2.05. The van der Waals surface area contributed by atoms with E-state index in [1.807, 2.05) is 44.3 Å². The average Bonchev–Trinajstić information content (AvgIpc) is 3.01. The molecule has 0 aliphatic carbocycles. The second kappa shape index (κ2) is 5.44. The van der Waals surface area contributed by atoms with Gasteiger partial charge in [0.05, 0.1) is 6.20 Å². The van der Waals surface area contributed by atoms with Crippen LogP contribution in [0.5, 0.6) is 0 Å². The van der Waals surface area contributed by atoms with Crippen molar-refractivity contribution >= 4 is 22.6 Å². The Morgan fingerprint density at radius 1 is 1.33 bits per heavy atom. The number of carbonyl (C=O) groups is 1. The normalized spacial score (nSPS) is 11.0. The standard InChI is InChI=1S/C16H17N3O2/c1-11-9-17-19(10-11)6-5-16(20)18-14-3-4-15-13(8-14)7-12(2)21-15/h3-4,7-10H,5-6H2,1-2H3,(H,18,20). The van der Waals surface area contributed by atoms with E-state index in [1.165, 1.54) is 0 Å². The van der Waals surface area contributed by atoms with Gasteiger partial charge in [-0.1, -0.05) is 0 Å². The predicted molar refractivity (Wildman–Crippen MR) is 81.2 cm³/mol. The predicted octanol–water partition coefficient (Wildman–Crippen LogP) is 3.27. The maximum absolute atomic E-state index is 12.0. The molecule has 5 heteroatoms. The first-order valence-electron chi connectivity index (χ1n) is 6.89. The molecule has 3 rings (SSSR count). The van der Waals surface area contributed by atoms with Gasteiger partial charge in [-0.2, -0.15) is 5.10 Å². The number of anilines is 1. The zero-order chi connectivity index (χ0) is 14.8. The van der Waals surface area contributed by atoms with Gasteiger partial charge in [0.2, 0.25) is 5.91 Å². The summed E-state index contributed by atoms with van der Waals surface area (Å²) in [6.07, 6.45) is 4.10. The number of rotatable bonds is 4. The monoisotopic (exact) mass is 283 g/mol. The number of benzene rings is 1. The van der Waals surface area contributed by atoms with Gasteiger partial charge in [-0.05, 0) is 43.7 Å². The lowest BCUT2D eigenvalue weighted by atomic mass is 10.2. The van der Waals surface area contributed by atoms with Crippen molar-refractivity contribution in [1.82, 2.24) is 9.78 Å². The summed E-state index contributed by atoms with van der Waals surface area (Å²) in [7, 11) is 0. The second-order valence-electron chi connectivity index (χ2n) is 5.19. The summed E-state index contributed by atoms with van der Waals surface area (Å²) in [6.45, 7) is 4.46. The van der Waals surface area contributed by atoms with Crippen LogP contribution in [0.1, 0.15) is 17.7 Å². The highest BCUT2D eigenvalue weighted by Crippen LogP contribution is 2.22. The van der Waals surface area contributed by atoms with Gasteiger partial charge in [0.1, 0.15) is 11.3 Å². The summed E-state index contributed by atoms with van der Waals surface area (Å²) in [5, 5.41) is 8.05. The van der Waals surface area contributed by atoms with Crippen molar-refractivity contribution < 1.29 is 9.21 Å². The fraction of sp³-hybridized carbons (Fsp3) is 0.250. The Hall–Kier alpha value is -2.56. The molecule has 3 aromatic rings. The van der Waals surface area contributed by atoms with Crippen LogP contribution < -0.4 is 5.32 Å². The minimum atomic E-state index is -0.0253. The van der Waals surface area contributed by atoms with Crippen LogP contribution >= 0.6 is 0 Å². The lowest BCUT2D eigenvalue weighted by Crippen LogP contribution is -2.14. The van der Waals surface area contributed by atoms with Crippen LogP contribution in [0.2, 0.25) is 0 Å². The largest absolute Gasteiger partial charge is 0.461 e. The summed E-state index contributed by atoms with van der Waals surface area (Å²) >= 11 is 0. The van der Waals surface area contributed by atoms with Crippen molar-refractivity contribution in [2.24, 2.45) is 0 Å². The number of fused-ring (bicyclic) bond motifs is 1. The Kier molecular flexibility index (Phi) is 3.48. The van der Waals surface area contributed by atoms with Crippen molar-refractivity contribution in [1.29, 1.82) is 0 Å². The van der Waals surface area contributed by atoms with Crippen molar-refractivity contribution in [3.8, 4) is 0 Å². The molecule has 1 aromatic carbocycles. The Morgan fingerprint density at radius 2 is 2.19 bits per heavy atom. The van der Waals surface area contributed by atoms with E-state index in [4.69, 9.17) is 4.42 Å². The van der Waals surface area contributed by atoms with Gasteiger partial charge in [0, 0.05) is 30.2 Å². The highest BCUT2D eigenvalue weighted by atomic mass is 16.3. The first kappa shape index (κ1) is 13.4. The molecule has 1 N–H and O–H groups in total.